The van der Waals surface area contributed by atoms with Crippen LogP contribution in [0.3, 0.4) is 0 Å². The van der Waals surface area contributed by atoms with Crippen LogP contribution in [-0.4, -0.2) is 32.1 Å². The third-order valence-corrected chi connectivity index (χ3v) is 2.38. The van der Waals surface area contributed by atoms with Crippen molar-refractivity contribution in [2.75, 3.05) is 14.2 Å². The van der Waals surface area contributed by atoms with Crippen molar-refractivity contribution in [1.82, 2.24) is 0 Å². The highest BCUT2D eigenvalue weighted by molar-refractivity contribution is 6.09. The van der Waals surface area contributed by atoms with E-state index in [4.69, 9.17) is 14.2 Å². The van der Waals surface area contributed by atoms with Gasteiger partial charge in [-0.25, -0.2) is 0 Å². The predicted octanol–water partition coefficient (Wildman–Crippen LogP) is 2.23. The van der Waals surface area contributed by atoms with Gasteiger partial charge in [-0.15, -0.1) is 0 Å². The number of Topliss-reactive ketones (excluding diaryl/α,β-unsaturated/α-hetero) is 1. The van der Waals surface area contributed by atoms with Crippen LogP contribution in [0.1, 0.15) is 30.6 Å². The van der Waals surface area contributed by atoms with Crippen LogP contribution < -0.4 is 9.47 Å². The first-order valence-electron chi connectivity index (χ1n) is 5.93. The Morgan fingerprint density at radius 3 is 2.05 bits per heavy atom. The number of benzene rings is 1. The van der Waals surface area contributed by atoms with Crippen molar-refractivity contribution in [2.45, 2.75) is 26.4 Å². The van der Waals surface area contributed by atoms with Crippen LogP contribution in [0.5, 0.6) is 11.5 Å². The van der Waals surface area contributed by atoms with Crippen LogP contribution in [0.2, 0.25) is 0 Å². The molecule has 0 aliphatic rings. The largest absolute Gasteiger partial charge is 0.496 e. The van der Waals surface area contributed by atoms with Crippen molar-refractivity contribution in [3.05, 3.63) is 23.8 Å². The molecule has 0 bridgehead atoms. The molecule has 0 aromatic heterocycles. The number of carbonyl (C=O) groups is 2. The number of carbonyl (C=O) groups excluding carboxylic acids is 2. The van der Waals surface area contributed by atoms with Crippen molar-refractivity contribution in [2.24, 2.45) is 0 Å². The summed E-state index contributed by atoms with van der Waals surface area (Å²) in [6, 6.07) is 4.99. The van der Waals surface area contributed by atoms with Gasteiger partial charge in [-0.2, -0.15) is 0 Å². The number of hydrogen-bond donors (Lipinski definition) is 0. The third kappa shape index (κ3) is 3.98. The second kappa shape index (κ2) is 6.78. The molecule has 0 radical (unpaired) electrons. The van der Waals surface area contributed by atoms with E-state index in [9.17, 15) is 9.59 Å². The van der Waals surface area contributed by atoms with E-state index in [0.717, 1.165) is 0 Å². The summed E-state index contributed by atoms with van der Waals surface area (Å²) in [6.45, 7) is 3.46. The van der Waals surface area contributed by atoms with E-state index < -0.39 is 5.97 Å². The molecule has 0 fully saturated rings. The molecule has 5 heteroatoms. The minimum Gasteiger partial charge on any atom is -0.496 e. The fourth-order valence-corrected chi connectivity index (χ4v) is 1.65. The fourth-order valence-electron chi connectivity index (χ4n) is 1.65. The Morgan fingerprint density at radius 2 is 1.63 bits per heavy atom. The lowest BCUT2D eigenvalue weighted by molar-refractivity contribution is -0.146. The molecule has 0 unspecified atom stereocenters. The van der Waals surface area contributed by atoms with Gasteiger partial charge in [0.25, 0.3) is 0 Å². The highest BCUT2D eigenvalue weighted by atomic mass is 16.5. The molecule has 0 atom stereocenters. The van der Waals surface area contributed by atoms with Crippen molar-refractivity contribution in [1.29, 1.82) is 0 Å². The van der Waals surface area contributed by atoms with Gasteiger partial charge in [0.15, 0.2) is 5.78 Å². The van der Waals surface area contributed by atoms with Crippen LogP contribution in [0.25, 0.3) is 0 Å². The maximum atomic E-state index is 12.1. The number of hydrogen-bond acceptors (Lipinski definition) is 5. The van der Waals surface area contributed by atoms with E-state index in [-0.39, 0.29) is 23.9 Å². The smallest absolute Gasteiger partial charge is 0.313 e. The van der Waals surface area contributed by atoms with Gasteiger partial charge in [0.1, 0.15) is 23.5 Å². The summed E-state index contributed by atoms with van der Waals surface area (Å²) >= 11 is 0. The second-order valence-corrected chi connectivity index (χ2v) is 4.18. The molecule has 19 heavy (non-hydrogen) atoms. The SMILES string of the molecule is COc1cccc(OC)c1C(=O)CC(=O)OC(C)C. The minimum absolute atomic E-state index is 0.250. The van der Waals surface area contributed by atoms with Gasteiger partial charge in [-0.05, 0) is 26.0 Å². The summed E-state index contributed by atoms with van der Waals surface area (Å²) in [4.78, 5) is 23.6. The molecule has 0 spiro atoms. The lowest BCUT2D eigenvalue weighted by Gasteiger charge is -2.12. The number of rotatable bonds is 6. The van der Waals surface area contributed by atoms with Gasteiger partial charge in [0.05, 0.1) is 20.3 Å². The maximum absolute atomic E-state index is 12.1. The fraction of sp³-hybridized carbons (Fsp3) is 0.429. The molecule has 0 saturated heterocycles. The minimum atomic E-state index is -0.562. The van der Waals surface area contributed by atoms with Crippen molar-refractivity contribution < 1.29 is 23.8 Å². The average molecular weight is 266 g/mol. The van der Waals surface area contributed by atoms with Crippen molar-refractivity contribution >= 4 is 11.8 Å². The predicted molar refractivity (Wildman–Crippen MR) is 69.7 cm³/mol. The Bertz CT molecular complexity index is 443. The topological polar surface area (TPSA) is 61.8 Å². The van der Waals surface area contributed by atoms with E-state index >= 15 is 0 Å². The molecule has 0 aliphatic carbocycles. The molecule has 0 saturated carbocycles. The Morgan fingerprint density at radius 1 is 1.11 bits per heavy atom. The van der Waals surface area contributed by atoms with Crippen LogP contribution in [-0.2, 0) is 9.53 Å². The molecule has 0 N–H and O–H groups in total. The van der Waals surface area contributed by atoms with Crippen LogP contribution in [0, 0.1) is 0 Å². The van der Waals surface area contributed by atoms with Gasteiger partial charge in [-0.3, -0.25) is 9.59 Å². The van der Waals surface area contributed by atoms with Gasteiger partial charge in [0, 0.05) is 0 Å². The quantitative estimate of drug-likeness (QED) is 0.449. The Hall–Kier alpha value is -2.04. The summed E-state index contributed by atoms with van der Waals surface area (Å²) in [7, 11) is 2.91. The molecular formula is C14H18O5. The molecule has 1 aromatic rings. The number of ether oxygens (including phenoxy) is 3. The monoisotopic (exact) mass is 266 g/mol. The van der Waals surface area contributed by atoms with E-state index in [1.54, 1.807) is 32.0 Å². The summed E-state index contributed by atoms with van der Waals surface area (Å²) in [5, 5.41) is 0. The maximum Gasteiger partial charge on any atom is 0.313 e. The standard InChI is InChI=1S/C14H18O5/c1-9(2)19-13(16)8-10(15)14-11(17-3)6-5-7-12(14)18-4/h5-7,9H,8H2,1-4H3. The summed E-state index contributed by atoms with van der Waals surface area (Å²) in [6.07, 6.45) is -0.589. The van der Waals surface area contributed by atoms with Gasteiger partial charge in [0.2, 0.25) is 0 Å². The molecule has 0 heterocycles. The number of esters is 1. The van der Waals surface area contributed by atoms with E-state index in [1.807, 2.05) is 0 Å². The van der Waals surface area contributed by atoms with Crippen LogP contribution in [0.4, 0.5) is 0 Å². The zero-order chi connectivity index (χ0) is 14.4. The van der Waals surface area contributed by atoms with Crippen molar-refractivity contribution in [3.63, 3.8) is 0 Å². The van der Waals surface area contributed by atoms with Gasteiger partial charge >= 0.3 is 5.97 Å². The second-order valence-electron chi connectivity index (χ2n) is 4.18. The number of methoxy groups -OCH3 is 2. The Kier molecular flexibility index (Phi) is 5.36. The Labute approximate surface area is 112 Å². The lowest BCUT2D eigenvalue weighted by Crippen LogP contribution is -2.16. The molecule has 0 aliphatic heterocycles. The lowest BCUT2D eigenvalue weighted by atomic mass is 10.1. The van der Waals surface area contributed by atoms with Crippen molar-refractivity contribution in [3.8, 4) is 11.5 Å². The summed E-state index contributed by atoms with van der Waals surface area (Å²) < 4.78 is 15.2. The molecule has 1 aromatic carbocycles. The van der Waals surface area contributed by atoms with E-state index in [0.29, 0.717) is 11.5 Å². The molecule has 5 nitrogen and oxygen atoms in total. The zero-order valence-corrected chi connectivity index (χ0v) is 11.6. The molecule has 0 amide bonds. The van der Waals surface area contributed by atoms with E-state index in [2.05, 4.69) is 0 Å². The number of ketones is 1. The van der Waals surface area contributed by atoms with Crippen LogP contribution >= 0.6 is 0 Å². The summed E-state index contributed by atoms with van der Waals surface area (Å²) in [5.41, 5.74) is 0.258. The summed E-state index contributed by atoms with van der Waals surface area (Å²) in [5.74, 6) is -0.198. The normalized spacial score (nSPS) is 10.2. The zero-order valence-electron chi connectivity index (χ0n) is 11.6. The first-order valence-corrected chi connectivity index (χ1v) is 5.93. The first kappa shape index (κ1) is 15.0. The van der Waals surface area contributed by atoms with E-state index in [1.165, 1.54) is 14.2 Å². The van der Waals surface area contributed by atoms with Gasteiger partial charge in [-0.1, -0.05) is 6.07 Å². The average Bonchev–Trinajstić information content (AvgIpc) is 2.36. The molecule has 1 rings (SSSR count). The molecular weight excluding hydrogens is 248 g/mol. The first-order chi connectivity index (χ1) is 8.99. The molecule has 104 valence electrons. The highest BCUT2D eigenvalue weighted by Crippen LogP contribution is 2.29. The Balaban J connectivity index is 2.95. The van der Waals surface area contributed by atoms with Crippen LogP contribution in [0.15, 0.2) is 18.2 Å². The highest BCUT2D eigenvalue weighted by Gasteiger charge is 2.21. The van der Waals surface area contributed by atoms with Gasteiger partial charge < -0.3 is 14.2 Å². The third-order valence-electron chi connectivity index (χ3n) is 2.38.